The Hall–Kier alpha value is -2.45. The van der Waals surface area contributed by atoms with Crippen molar-refractivity contribution in [3.05, 3.63) is 74.9 Å². The Morgan fingerprint density at radius 1 is 1.14 bits per heavy atom. The molecule has 5 nitrogen and oxygen atoms in total. The first-order chi connectivity index (χ1) is 13.4. The average Bonchev–Trinajstić information content (AvgIpc) is 2.93. The summed E-state index contributed by atoms with van der Waals surface area (Å²) in [4.78, 5) is 37.7. The largest absolute Gasteiger partial charge is 0.354 e. The van der Waals surface area contributed by atoms with Gasteiger partial charge in [-0.25, -0.2) is 4.39 Å². The van der Waals surface area contributed by atoms with Crippen molar-refractivity contribution in [2.24, 2.45) is 0 Å². The number of hydrogen-bond acceptors (Lipinski definition) is 4. The molecule has 0 aliphatic carbocycles. The second-order valence-corrected chi connectivity index (χ2v) is 7.92. The third-order valence-electron chi connectivity index (χ3n) is 4.00. The van der Waals surface area contributed by atoms with Gasteiger partial charge in [0.15, 0.2) is 0 Å². The van der Waals surface area contributed by atoms with Crippen LogP contribution in [-0.4, -0.2) is 35.0 Å². The highest BCUT2D eigenvalue weighted by Gasteiger charge is 2.34. The van der Waals surface area contributed by atoms with Gasteiger partial charge in [0.25, 0.3) is 11.1 Å². The molecule has 2 aromatic rings. The molecule has 1 fully saturated rings. The molecule has 1 N–H and O–H groups in total. The van der Waals surface area contributed by atoms with Crippen LogP contribution in [0.25, 0.3) is 6.08 Å². The number of benzene rings is 2. The first-order valence-electron chi connectivity index (χ1n) is 8.45. The number of thioether (sulfide) groups is 1. The number of carbonyl (C=O) groups excluding carboxylic acids is 3. The van der Waals surface area contributed by atoms with Gasteiger partial charge in [-0.15, -0.1) is 0 Å². The molecule has 8 heteroatoms. The van der Waals surface area contributed by atoms with Crippen LogP contribution in [0.2, 0.25) is 0 Å². The summed E-state index contributed by atoms with van der Waals surface area (Å²) < 4.78 is 14.7. The molecule has 144 valence electrons. The standard InChI is InChI=1S/C20H16BrFN2O3S/c21-15-7-5-13(6-8-15)11-18(25)23-9-10-24-19(26)17(28-20(24)27)12-14-3-1-2-4-16(14)22/h1-8,12H,9-11H2,(H,23,25)/b17-12-. The van der Waals surface area contributed by atoms with Crippen molar-refractivity contribution in [2.75, 3.05) is 13.1 Å². The highest BCUT2D eigenvalue weighted by atomic mass is 79.9. The van der Waals surface area contributed by atoms with Crippen molar-refractivity contribution in [3.8, 4) is 0 Å². The quantitative estimate of drug-likeness (QED) is 0.659. The number of imide groups is 1. The molecule has 0 aromatic heterocycles. The van der Waals surface area contributed by atoms with E-state index in [-0.39, 0.29) is 35.9 Å². The summed E-state index contributed by atoms with van der Waals surface area (Å²) in [6.07, 6.45) is 1.58. The molecule has 1 aliphatic heterocycles. The minimum Gasteiger partial charge on any atom is -0.354 e. The molecule has 0 unspecified atom stereocenters. The van der Waals surface area contributed by atoms with E-state index in [0.717, 1.165) is 26.7 Å². The lowest BCUT2D eigenvalue weighted by Crippen LogP contribution is -2.37. The number of hydrogen-bond donors (Lipinski definition) is 1. The van der Waals surface area contributed by atoms with E-state index in [4.69, 9.17) is 0 Å². The van der Waals surface area contributed by atoms with Crippen LogP contribution in [0.4, 0.5) is 9.18 Å². The van der Waals surface area contributed by atoms with Gasteiger partial charge >= 0.3 is 0 Å². The van der Waals surface area contributed by atoms with Gasteiger partial charge in [0.05, 0.1) is 11.3 Å². The van der Waals surface area contributed by atoms with Crippen LogP contribution >= 0.6 is 27.7 Å². The zero-order valence-corrected chi connectivity index (χ0v) is 17.1. The highest BCUT2D eigenvalue weighted by molar-refractivity contribution is 9.10. The number of halogens is 2. The maximum Gasteiger partial charge on any atom is 0.293 e. The summed E-state index contributed by atoms with van der Waals surface area (Å²) in [6.45, 7) is 0.214. The van der Waals surface area contributed by atoms with Crippen LogP contribution < -0.4 is 5.32 Å². The molecule has 0 spiro atoms. The van der Waals surface area contributed by atoms with Gasteiger partial charge in [-0.2, -0.15) is 0 Å². The van der Waals surface area contributed by atoms with E-state index in [1.807, 2.05) is 24.3 Å². The Labute approximate surface area is 174 Å². The Bertz CT molecular complexity index is 947. The molecule has 0 atom stereocenters. The fourth-order valence-corrected chi connectivity index (χ4v) is 3.70. The van der Waals surface area contributed by atoms with Gasteiger partial charge in [-0.05, 0) is 41.6 Å². The van der Waals surface area contributed by atoms with Gasteiger partial charge in [0.1, 0.15) is 5.82 Å². The summed E-state index contributed by atoms with van der Waals surface area (Å²) in [7, 11) is 0. The summed E-state index contributed by atoms with van der Waals surface area (Å²) in [5.74, 6) is -1.15. The molecular formula is C20H16BrFN2O3S. The Kier molecular flexibility index (Phi) is 6.64. The minimum absolute atomic E-state index is 0.0609. The molecule has 2 aromatic carbocycles. The molecule has 1 aliphatic rings. The normalized spacial score (nSPS) is 15.4. The molecule has 1 heterocycles. The summed E-state index contributed by atoms with van der Waals surface area (Å²) in [6, 6.07) is 13.4. The third-order valence-corrected chi connectivity index (χ3v) is 5.44. The Balaban J connectivity index is 1.54. The molecule has 28 heavy (non-hydrogen) atoms. The van der Waals surface area contributed by atoms with Crippen LogP contribution in [0, 0.1) is 5.82 Å². The Morgan fingerprint density at radius 3 is 2.57 bits per heavy atom. The van der Waals surface area contributed by atoms with E-state index < -0.39 is 17.0 Å². The average molecular weight is 463 g/mol. The zero-order chi connectivity index (χ0) is 20.1. The van der Waals surface area contributed by atoms with Crippen LogP contribution in [-0.2, 0) is 16.0 Å². The first-order valence-corrected chi connectivity index (χ1v) is 10.1. The molecule has 0 bridgehead atoms. The van der Waals surface area contributed by atoms with Gasteiger partial charge in [0.2, 0.25) is 5.91 Å². The molecule has 0 radical (unpaired) electrons. The predicted molar refractivity (Wildman–Crippen MR) is 110 cm³/mol. The van der Waals surface area contributed by atoms with Crippen molar-refractivity contribution in [2.45, 2.75) is 6.42 Å². The van der Waals surface area contributed by atoms with Crippen molar-refractivity contribution in [3.63, 3.8) is 0 Å². The lowest BCUT2D eigenvalue weighted by atomic mass is 10.1. The van der Waals surface area contributed by atoms with E-state index in [9.17, 15) is 18.8 Å². The molecule has 3 rings (SSSR count). The fraction of sp³-hybridized carbons (Fsp3) is 0.150. The summed E-state index contributed by atoms with van der Waals surface area (Å²) in [5, 5.41) is 2.27. The van der Waals surface area contributed by atoms with Gasteiger partial charge in [-0.3, -0.25) is 19.3 Å². The fourth-order valence-electron chi connectivity index (χ4n) is 2.58. The lowest BCUT2D eigenvalue weighted by Gasteiger charge is -2.13. The van der Waals surface area contributed by atoms with Gasteiger partial charge < -0.3 is 5.32 Å². The SMILES string of the molecule is O=C(Cc1ccc(Br)cc1)NCCN1C(=O)S/C(=C\c2ccccc2F)C1=O. The summed E-state index contributed by atoms with van der Waals surface area (Å²) in [5.41, 5.74) is 1.11. The van der Waals surface area contributed by atoms with Crippen molar-refractivity contribution in [1.29, 1.82) is 0 Å². The first kappa shape index (κ1) is 20.3. The van der Waals surface area contributed by atoms with Crippen LogP contribution in [0.15, 0.2) is 57.9 Å². The van der Waals surface area contributed by atoms with E-state index >= 15 is 0 Å². The minimum atomic E-state index is -0.486. The maximum atomic E-state index is 13.7. The number of amides is 3. The van der Waals surface area contributed by atoms with E-state index in [0.29, 0.717) is 0 Å². The van der Waals surface area contributed by atoms with E-state index in [2.05, 4.69) is 21.2 Å². The number of rotatable bonds is 6. The van der Waals surface area contributed by atoms with Crippen LogP contribution in [0.5, 0.6) is 0 Å². The Morgan fingerprint density at radius 2 is 1.86 bits per heavy atom. The van der Waals surface area contributed by atoms with Crippen LogP contribution in [0.1, 0.15) is 11.1 Å². The lowest BCUT2D eigenvalue weighted by molar-refractivity contribution is -0.124. The zero-order valence-electron chi connectivity index (χ0n) is 14.7. The molecule has 0 saturated carbocycles. The number of nitrogens with zero attached hydrogens (tertiary/aromatic N) is 1. The highest BCUT2D eigenvalue weighted by Crippen LogP contribution is 2.32. The molecule has 3 amide bonds. The van der Waals surface area contributed by atoms with Crippen molar-refractivity contribution < 1.29 is 18.8 Å². The van der Waals surface area contributed by atoms with Crippen LogP contribution in [0.3, 0.4) is 0 Å². The van der Waals surface area contributed by atoms with Gasteiger partial charge in [-0.1, -0.05) is 46.3 Å². The predicted octanol–water partition coefficient (Wildman–Crippen LogP) is 3.98. The van der Waals surface area contributed by atoms with E-state index in [1.54, 1.807) is 12.1 Å². The van der Waals surface area contributed by atoms with E-state index in [1.165, 1.54) is 18.2 Å². The monoisotopic (exact) mass is 462 g/mol. The number of carbonyl (C=O) groups is 3. The molecular weight excluding hydrogens is 447 g/mol. The van der Waals surface area contributed by atoms with Gasteiger partial charge in [0, 0.05) is 23.1 Å². The van der Waals surface area contributed by atoms with Crippen molar-refractivity contribution >= 4 is 50.8 Å². The topological polar surface area (TPSA) is 66.5 Å². The second-order valence-electron chi connectivity index (χ2n) is 6.01. The smallest absolute Gasteiger partial charge is 0.293 e. The maximum absolute atomic E-state index is 13.7. The second kappa shape index (κ2) is 9.16. The molecule has 1 saturated heterocycles. The third kappa shape index (κ3) is 5.08. The van der Waals surface area contributed by atoms with Crippen molar-refractivity contribution in [1.82, 2.24) is 10.2 Å². The number of nitrogens with one attached hydrogen (secondary N) is 1. The summed E-state index contributed by atoms with van der Waals surface area (Å²) >= 11 is 4.10.